The predicted molar refractivity (Wildman–Crippen MR) is 112 cm³/mol. The van der Waals surface area contributed by atoms with Gasteiger partial charge in [0.05, 0.1) is 18.3 Å². The number of methoxy groups -OCH3 is 1. The van der Waals surface area contributed by atoms with Crippen LogP contribution in [0.4, 0.5) is 5.69 Å². The van der Waals surface area contributed by atoms with Crippen molar-refractivity contribution in [2.75, 3.05) is 19.0 Å². The zero-order valence-corrected chi connectivity index (χ0v) is 17.0. The number of anilines is 1. The molecule has 0 saturated heterocycles. The van der Waals surface area contributed by atoms with E-state index >= 15 is 0 Å². The number of fused-ring (bicyclic) bond motifs is 1. The van der Waals surface area contributed by atoms with Gasteiger partial charge in [0.1, 0.15) is 5.75 Å². The number of hydrogen-bond donors (Lipinski definition) is 4. The Hall–Kier alpha value is -2.87. The van der Waals surface area contributed by atoms with Crippen molar-refractivity contribution in [3.05, 3.63) is 30.5 Å². The van der Waals surface area contributed by atoms with Gasteiger partial charge in [-0.15, -0.1) is 0 Å². The van der Waals surface area contributed by atoms with Crippen LogP contribution in [0.25, 0.3) is 10.9 Å². The first-order chi connectivity index (χ1) is 14.0. The lowest BCUT2D eigenvalue weighted by Crippen LogP contribution is -2.27. The number of nitrogens with one attached hydrogen (secondary N) is 3. The van der Waals surface area contributed by atoms with Crippen molar-refractivity contribution in [2.45, 2.75) is 51.5 Å². The number of rotatable bonds is 12. The van der Waals surface area contributed by atoms with Gasteiger partial charge < -0.3 is 15.4 Å². The number of hydrogen-bond acceptors (Lipinski definition) is 6. The van der Waals surface area contributed by atoms with Gasteiger partial charge in [0, 0.05) is 43.1 Å². The third-order valence-electron chi connectivity index (χ3n) is 4.66. The zero-order chi connectivity index (χ0) is 21.1. The van der Waals surface area contributed by atoms with E-state index in [1.165, 1.54) is 5.48 Å². The van der Waals surface area contributed by atoms with E-state index in [0.29, 0.717) is 6.54 Å². The maximum atomic E-state index is 11.6. The van der Waals surface area contributed by atoms with Crippen LogP contribution in [-0.2, 0) is 9.59 Å². The monoisotopic (exact) mass is 402 g/mol. The number of pyridine rings is 1. The van der Waals surface area contributed by atoms with Crippen LogP contribution in [0.3, 0.4) is 0 Å². The van der Waals surface area contributed by atoms with Gasteiger partial charge in [-0.1, -0.05) is 18.9 Å². The third-order valence-corrected chi connectivity index (χ3v) is 4.66. The number of benzene rings is 1. The van der Waals surface area contributed by atoms with Crippen molar-refractivity contribution in [2.24, 2.45) is 0 Å². The summed E-state index contributed by atoms with van der Waals surface area (Å²) in [7, 11) is 1.66. The molecule has 1 aromatic carbocycles. The summed E-state index contributed by atoms with van der Waals surface area (Å²) in [5, 5.41) is 15.7. The van der Waals surface area contributed by atoms with E-state index in [4.69, 9.17) is 9.94 Å². The van der Waals surface area contributed by atoms with Crippen LogP contribution in [0, 0.1) is 0 Å². The fraction of sp³-hybridized carbons (Fsp3) is 0.476. The van der Waals surface area contributed by atoms with Crippen LogP contribution < -0.4 is 20.9 Å². The Labute approximate surface area is 171 Å². The summed E-state index contributed by atoms with van der Waals surface area (Å²) in [5.74, 6) is 0.0640. The number of carbonyl (C=O) groups is 2. The van der Waals surface area contributed by atoms with Crippen LogP contribution in [0.15, 0.2) is 30.5 Å². The summed E-state index contributed by atoms with van der Waals surface area (Å²) < 4.78 is 5.39. The van der Waals surface area contributed by atoms with Gasteiger partial charge >= 0.3 is 0 Å². The van der Waals surface area contributed by atoms with Crippen molar-refractivity contribution >= 4 is 28.4 Å². The maximum Gasteiger partial charge on any atom is 0.243 e. The second kappa shape index (κ2) is 11.9. The molecule has 29 heavy (non-hydrogen) atoms. The minimum absolute atomic E-state index is 0.0146. The van der Waals surface area contributed by atoms with Crippen molar-refractivity contribution in [1.29, 1.82) is 0 Å². The molecule has 0 aliphatic rings. The molecule has 158 valence electrons. The van der Waals surface area contributed by atoms with E-state index in [1.807, 2.05) is 24.3 Å². The number of ether oxygens (including phenoxy) is 1. The van der Waals surface area contributed by atoms with E-state index in [0.717, 1.165) is 48.0 Å². The molecule has 2 rings (SSSR count). The molecular weight excluding hydrogens is 372 g/mol. The molecule has 1 aromatic heterocycles. The fourth-order valence-corrected chi connectivity index (χ4v) is 3.08. The lowest BCUT2D eigenvalue weighted by Gasteiger charge is -2.17. The van der Waals surface area contributed by atoms with Crippen molar-refractivity contribution in [1.82, 2.24) is 15.8 Å². The molecule has 0 aliphatic heterocycles. The molecule has 8 nitrogen and oxygen atoms in total. The molecule has 0 aliphatic carbocycles. The minimum Gasteiger partial charge on any atom is -0.497 e. The highest BCUT2D eigenvalue weighted by Crippen LogP contribution is 2.28. The molecule has 0 fully saturated rings. The Bertz CT molecular complexity index is 812. The van der Waals surface area contributed by atoms with Crippen LogP contribution in [0.2, 0.25) is 0 Å². The Morgan fingerprint density at radius 2 is 1.97 bits per heavy atom. The summed E-state index contributed by atoms with van der Waals surface area (Å²) in [6, 6.07) is 8.15. The third kappa shape index (κ3) is 7.57. The molecule has 0 bridgehead atoms. The summed E-state index contributed by atoms with van der Waals surface area (Å²) in [6.07, 6.45) is 5.77. The highest BCUT2D eigenvalue weighted by molar-refractivity contribution is 5.91. The van der Waals surface area contributed by atoms with Crippen LogP contribution in [0.5, 0.6) is 5.75 Å². The van der Waals surface area contributed by atoms with E-state index < -0.39 is 5.91 Å². The first-order valence-electron chi connectivity index (χ1n) is 9.92. The number of carbonyl (C=O) groups excluding carboxylic acids is 2. The van der Waals surface area contributed by atoms with Gasteiger partial charge in [0.2, 0.25) is 11.8 Å². The molecule has 1 atom stereocenters. The van der Waals surface area contributed by atoms with Gasteiger partial charge in [0.25, 0.3) is 0 Å². The first-order valence-corrected chi connectivity index (χ1v) is 9.92. The maximum absolute atomic E-state index is 11.6. The van der Waals surface area contributed by atoms with Crippen LogP contribution in [-0.4, -0.2) is 41.7 Å². The Kier molecular flexibility index (Phi) is 9.17. The topological polar surface area (TPSA) is 113 Å². The van der Waals surface area contributed by atoms with Gasteiger partial charge in [-0.2, -0.15) is 0 Å². The Morgan fingerprint density at radius 3 is 2.72 bits per heavy atom. The quantitative estimate of drug-likeness (QED) is 0.247. The summed E-state index contributed by atoms with van der Waals surface area (Å²) in [6.45, 7) is 2.73. The second-order valence-corrected chi connectivity index (χ2v) is 7.03. The van der Waals surface area contributed by atoms with Gasteiger partial charge in [-0.3, -0.25) is 19.8 Å². The smallest absolute Gasteiger partial charge is 0.243 e. The van der Waals surface area contributed by atoms with Gasteiger partial charge in [0.15, 0.2) is 0 Å². The molecule has 0 saturated carbocycles. The molecule has 4 N–H and O–H groups in total. The Morgan fingerprint density at radius 1 is 1.17 bits per heavy atom. The summed E-state index contributed by atoms with van der Waals surface area (Å²) >= 11 is 0. The second-order valence-electron chi connectivity index (χ2n) is 7.03. The number of nitrogens with zero attached hydrogens (tertiary/aromatic N) is 1. The highest BCUT2D eigenvalue weighted by Gasteiger charge is 2.09. The van der Waals surface area contributed by atoms with E-state index in [-0.39, 0.29) is 24.8 Å². The fourth-order valence-electron chi connectivity index (χ4n) is 3.08. The van der Waals surface area contributed by atoms with Crippen molar-refractivity contribution < 1.29 is 19.5 Å². The predicted octanol–water partition coefficient (Wildman–Crippen LogP) is 3.01. The van der Waals surface area contributed by atoms with Crippen LogP contribution in [0.1, 0.15) is 45.4 Å². The number of aromatic nitrogens is 1. The number of amides is 2. The average Bonchev–Trinajstić information content (AvgIpc) is 2.74. The summed E-state index contributed by atoms with van der Waals surface area (Å²) in [5.41, 5.74) is 3.41. The SMILES string of the molecule is COc1cc(NC(C)CCCCCNC(=O)CCC(=O)NO)c2ncccc2c1. The van der Waals surface area contributed by atoms with E-state index in [1.54, 1.807) is 13.3 Å². The standard InChI is InChI=1S/C21H30N4O4/c1-15(7-4-3-5-11-22-19(26)9-10-20(27)25-28)24-18-14-17(29-2)13-16-8-6-12-23-21(16)18/h6,8,12-15,24,28H,3-5,7,9-11H2,1-2H3,(H,22,26)(H,25,27). The van der Waals surface area contributed by atoms with Crippen molar-refractivity contribution in [3.63, 3.8) is 0 Å². The van der Waals surface area contributed by atoms with Gasteiger partial charge in [-0.25, -0.2) is 5.48 Å². The zero-order valence-electron chi connectivity index (χ0n) is 17.0. The minimum atomic E-state index is -0.555. The molecule has 2 amide bonds. The van der Waals surface area contributed by atoms with Crippen molar-refractivity contribution in [3.8, 4) is 5.75 Å². The number of unbranched alkanes of at least 4 members (excludes halogenated alkanes) is 2. The molecule has 2 aromatic rings. The lowest BCUT2D eigenvalue weighted by atomic mass is 10.1. The van der Waals surface area contributed by atoms with E-state index in [2.05, 4.69) is 22.5 Å². The molecule has 0 spiro atoms. The van der Waals surface area contributed by atoms with E-state index in [9.17, 15) is 9.59 Å². The molecule has 0 radical (unpaired) electrons. The average molecular weight is 402 g/mol. The normalized spacial score (nSPS) is 11.7. The summed E-state index contributed by atoms with van der Waals surface area (Å²) in [4.78, 5) is 26.9. The molecule has 8 heteroatoms. The molecule has 1 heterocycles. The highest BCUT2D eigenvalue weighted by atomic mass is 16.5. The van der Waals surface area contributed by atoms with Gasteiger partial charge in [-0.05, 0) is 31.9 Å². The molecule has 1 unspecified atom stereocenters. The Balaban J connectivity index is 1.69. The molecular formula is C21H30N4O4. The number of hydroxylamine groups is 1. The first kappa shape index (κ1) is 22.4. The van der Waals surface area contributed by atoms with Crippen LogP contribution >= 0.6 is 0 Å². The largest absolute Gasteiger partial charge is 0.497 e. The lowest BCUT2D eigenvalue weighted by molar-refractivity contribution is -0.131.